The van der Waals surface area contributed by atoms with Gasteiger partial charge in [-0.15, -0.1) is 11.3 Å². The third kappa shape index (κ3) is 1.76. The number of rotatable bonds is 1. The van der Waals surface area contributed by atoms with E-state index in [0.29, 0.717) is 23.6 Å². The summed E-state index contributed by atoms with van der Waals surface area (Å²) in [5.41, 5.74) is 1.54. The molecule has 0 aliphatic heterocycles. The lowest BCUT2D eigenvalue weighted by molar-refractivity contribution is 0.0963. The molecule has 5 nitrogen and oxygen atoms in total. The second-order valence-electron chi connectivity index (χ2n) is 5.05. The molecule has 0 fully saturated rings. The first-order valence-electron chi connectivity index (χ1n) is 6.50. The summed E-state index contributed by atoms with van der Waals surface area (Å²) in [4.78, 5) is 22.4. The molecule has 100 valence electrons. The predicted molar refractivity (Wildman–Crippen MR) is 75.2 cm³/mol. The predicted octanol–water partition coefficient (Wildman–Crippen LogP) is 2.41. The van der Waals surface area contributed by atoms with Crippen LogP contribution in [0.2, 0.25) is 0 Å². The van der Waals surface area contributed by atoms with Crippen LogP contribution in [-0.2, 0) is 6.42 Å². The summed E-state index contributed by atoms with van der Waals surface area (Å²) in [6, 6.07) is 4.12. The number of hydrogen-bond acceptors (Lipinski definition) is 5. The lowest BCUT2D eigenvalue weighted by Gasteiger charge is -2.21. The fourth-order valence-corrected chi connectivity index (χ4v) is 3.54. The van der Waals surface area contributed by atoms with Crippen LogP contribution in [0.15, 0.2) is 23.7 Å². The van der Waals surface area contributed by atoms with Gasteiger partial charge in [-0.05, 0) is 24.8 Å². The third-order valence-electron chi connectivity index (χ3n) is 3.63. The Hall–Kier alpha value is -2.08. The minimum Gasteiger partial charge on any atom is -0.294 e. The van der Waals surface area contributed by atoms with E-state index in [1.807, 2.05) is 18.4 Å². The van der Waals surface area contributed by atoms with Crippen LogP contribution in [0.4, 0.5) is 0 Å². The van der Waals surface area contributed by atoms with Gasteiger partial charge in [0.05, 0.1) is 11.3 Å². The van der Waals surface area contributed by atoms with Gasteiger partial charge in [0.15, 0.2) is 5.78 Å². The summed E-state index contributed by atoms with van der Waals surface area (Å²) in [6.45, 7) is 1.82. The van der Waals surface area contributed by atoms with Crippen molar-refractivity contribution in [1.82, 2.24) is 19.6 Å². The Bertz CT molecular complexity index is 806. The molecule has 1 atom stereocenters. The highest BCUT2D eigenvalue weighted by Crippen LogP contribution is 2.34. The largest absolute Gasteiger partial charge is 0.294 e. The first-order valence-corrected chi connectivity index (χ1v) is 7.38. The average molecular weight is 284 g/mol. The number of hydrogen-bond donors (Lipinski definition) is 0. The van der Waals surface area contributed by atoms with Crippen molar-refractivity contribution in [2.45, 2.75) is 25.7 Å². The van der Waals surface area contributed by atoms with Gasteiger partial charge in [0.2, 0.25) is 0 Å². The summed E-state index contributed by atoms with van der Waals surface area (Å²) in [6.07, 6.45) is 3.11. The van der Waals surface area contributed by atoms with E-state index in [0.717, 1.165) is 12.1 Å². The zero-order chi connectivity index (χ0) is 13.7. The fraction of sp³-hybridized carbons (Fsp3) is 0.286. The van der Waals surface area contributed by atoms with E-state index < -0.39 is 0 Å². The summed E-state index contributed by atoms with van der Waals surface area (Å²) in [5, 5.41) is 6.27. The lowest BCUT2D eigenvalue weighted by atomic mass is 9.86. The number of fused-ring (bicyclic) bond motifs is 2. The number of aryl methyl sites for hydroxylation is 1. The summed E-state index contributed by atoms with van der Waals surface area (Å²) in [7, 11) is 0. The molecule has 0 unspecified atom stereocenters. The molecule has 0 N–H and O–H groups in total. The first kappa shape index (κ1) is 11.7. The van der Waals surface area contributed by atoms with Gasteiger partial charge in [0.25, 0.3) is 5.78 Å². The molecule has 0 amide bonds. The highest BCUT2D eigenvalue weighted by molar-refractivity contribution is 7.10. The van der Waals surface area contributed by atoms with Gasteiger partial charge in [0.1, 0.15) is 5.82 Å². The van der Waals surface area contributed by atoms with Crippen LogP contribution in [0, 0.1) is 6.92 Å². The van der Waals surface area contributed by atoms with E-state index in [9.17, 15) is 4.79 Å². The number of nitrogens with zero attached hydrogens (tertiary/aromatic N) is 4. The summed E-state index contributed by atoms with van der Waals surface area (Å²) >= 11 is 1.70. The van der Waals surface area contributed by atoms with Crippen molar-refractivity contribution in [3.05, 3.63) is 45.7 Å². The topological polar surface area (TPSA) is 60.1 Å². The number of carbonyl (C=O) groups is 1. The average Bonchev–Trinajstić information content (AvgIpc) is 3.04. The van der Waals surface area contributed by atoms with Crippen molar-refractivity contribution in [3.8, 4) is 0 Å². The minimum atomic E-state index is 0.146. The van der Waals surface area contributed by atoms with Crippen molar-refractivity contribution in [2.75, 3.05) is 0 Å². The molecule has 1 aliphatic rings. The molecule has 4 rings (SSSR count). The molecule has 0 saturated carbocycles. The van der Waals surface area contributed by atoms with Gasteiger partial charge in [-0.1, -0.05) is 6.07 Å². The molecule has 0 radical (unpaired) electrons. The maximum absolute atomic E-state index is 12.3. The van der Waals surface area contributed by atoms with Crippen LogP contribution in [0.5, 0.6) is 0 Å². The molecular formula is C14H12N4OS. The van der Waals surface area contributed by atoms with E-state index in [1.165, 1.54) is 4.88 Å². The zero-order valence-corrected chi connectivity index (χ0v) is 11.7. The standard InChI is InChI=1S/C14H12N4OS/c1-8-15-14-16-11-5-9(13-3-2-4-20-13)6-12(19)10(11)7-18(14)17-8/h2-4,7,9H,5-6H2,1H3/t9-/m1/s1. The number of Topliss-reactive ketones (excluding diaryl/α,β-unsaturated/α-hetero) is 1. The van der Waals surface area contributed by atoms with Gasteiger partial charge >= 0.3 is 0 Å². The van der Waals surface area contributed by atoms with E-state index >= 15 is 0 Å². The second kappa shape index (κ2) is 4.21. The molecule has 0 bridgehead atoms. The molecule has 0 aromatic carbocycles. The van der Waals surface area contributed by atoms with Gasteiger partial charge in [-0.2, -0.15) is 10.1 Å². The first-order chi connectivity index (χ1) is 9.70. The van der Waals surface area contributed by atoms with Crippen molar-refractivity contribution >= 4 is 22.9 Å². The number of ketones is 1. The van der Waals surface area contributed by atoms with Gasteiger partial charge < -0.3 is 0 Å². The SMILES string of the molecule is Cc1nc2nc3c(cn2n1)C(=O)C[C@H](c1cccs1)C3. The molecule has 0 saturated heterocycles. The van der Waals surface area contributed by atoms with E-state index in [1.54, 1.807) is 22.0 Å². The molecule has 6 heteroatoms. The van der Waals surface area contributed by atoms with E-state index in [2.05, 4.69) is 21.1 Å². The Morgan fingerprint density at radius 1 is 1.35 bits per heavy atom. The maximum atomic E-state index is 12.3. The zero-order valence-electron chi connectivity index (χ0n) is 10.9. The van der Waals surface area contributed by atoms with Crippen LogP contribution in [0.25, 0.3) is 5.78 Å². The number of carbonyl (C=O) groups excluding carboxylic acids is 1. The highest BCUT2D eigenvalue weighted by atomic mass is 32.1. The normalized spacial score (nSPS) is 18.4. The van der Waals surface area contributed by atoms with Crippen molar-refractivity contribution in [1.29, 1.82) is 0 Å². The monoisotopic (exact) mass is 284 g/mol. The van der Waals surface area contributed by atoms with Crippen LogP contribution in [0.3, 0.4) is 0 Å². The summed E-state index contributed by atoms with van der Waals surface area (Å²) in [5.74, 6) is 1.63. The number of aromatic nitrogens is 4. The van der Waals surface area contributed by atoms with Crippen molar-refractivity contribution in [2.24, 2.45) is 0 Å². The number of thiophene rings is 1. The minimum absolute atomic E-state index is 0.146. The molecule has 20 heavy (non-hydrogen) atoms. The highest BCUT2D eigenvalue weighted by Gasteiger charge is 2.28. The van der Waals surface area contributed by atoms with Gasteiger partial charge in [0, 0.05) is 23.4 Å². The summed E-state index contributed by atoms with van der Waals surface area (Å²) < 4.78 is 1.59. The molecule has 1 aliphatic carbocycles. The molecule has 3 aromatic heterocycles. The smallest absolute Gasteiger partial charge is 0.252 e. The fourth-order valence-electron chi connectivity index (χ4n) is 2.71. The Kier molecular flexibility index (Phi) is 2.47. The van der Waals surface area contributed by atoms with Crippen LogP contribution in [-0.4, -0.2) is 25.4 Å². The van der Waals surface area contributed by atoms with E-state index in [4.69, 9.17) is 0 Å². The van der Waals surface area contributed by atoms with Crippen LogP contribution >= 0.6 is 11.3 Å². The Morgan fingerprint density at radius 2 is 2.25 bits per heavy atom. The van der Waals surface area contributed by atoms with E-state index in [-0.39, 0.29) is 11.7 Å². The van der Waals surface area contributed by atoms with Crippen molar-refractivity contribution in [3.63, 3.8) is 0 Å². The maximum Gasteiger partial charge on any atom is 0.252 e. The Balaban J connectivity index is 1.82. The van der Waals surface area contributed by atoms with Gasteiger partial charge in [-0.3, -0.25) is 4.79 Å². The Morgan fingerprint density at radius 3 is 3.05 bits per heavy atom. The lowest BCUT2D eigenvalue weighted by Crippen LogP contribution is -2.20. The quantitative estimate of drug-likeness (QED) is 0.688. The molecule has 3 aromatic rings. The van der Waals surface area contributed by atoms with Crippen LogP contribution < -0.4 is 0 Å². The second-order valence-corrected chi connectivity index (χ2v) is 6.03. The molecular weight excluding hydrogens is 272 g/mol. The third-order valence-corrected chi connectivity index (χ3v) is 4.67. The Labute approximate surface area is 119 Å². The molecule has 0 spiro atoms. The van der Waals surface area contributed by atoms with Crippen LogP contribution in [0.1, 0.15) is 39.1 Å². The molecule has 3 heterocycles. The van der Waals surface area contributed by atoms with Gasteiger partial charge in [-0.25, -0.2) is 9.50 Å². The van der Waals surface area contributed by atoms with Crippen molar-refractivity contribution < 1.29 is 4.79 Å².